The molecule has 28 heavy (non-hydrogen) atoms. The molecule has 1 aromatic carbocycles. The van der Waals surface area contributed by atoms with E-state index in [0.717, 1.165) is 54.1 Å². The van der Waals surface area contributed by atoms with E-state index in [1.165, 1.54) is 0 Å². The Morgan fingerprint density at radius 1 is 1.11 bits per heavy atom. The molecule has 4 heterocycles. The van der Waals surface area contributed by atoms with Gasteiger partial charge in [-0.15, -0.1) is 0 Å². The van der Waals surface area contributed by atoms with E-state index in [4.69, 9.17) is 13.7 Å². The van der Waals surface area contributed by atoms with E-state index in [1.54, 1.807) is 13.4 Å². The first-order valence-electron chi connectivity index (χ1n) is 9.22. The van der Waals surface area contributed by atoms with Gasteiger partial charge < -0.3 is 18.6 Å². The number of aromatic nitrogens is 4. The van der Waals surface area contributed by atoms with Crippen LogP contribution >= 0.6 is 0 Å². The molecule has 0 N–H and O–H groups in total. The second-order valence-corrected chi connectivity index (χ2v) is 6.77. The number of hydrogen-bond donors (Lipinski definition) is 0. The first-order chi connectivity index (χ1) is 13.8. The molecule has 5 rings (SSSR count). The second-order valence-electron chi connectivity index (χ2n) is 6.77. The fourth-order valence-electron chi connectivity index (χ4n) is 3.59. The maximum atomic E-state index is 6.06. The molecule has 144 valence electrons. The fourth-order valence-corrected chi connectivity index (χ4v) is 3.59. The van der Waals surface area contributed by atoms with Crippen LogP contribution in [0.1, 0.15) is 11.7 Å². The number of para-hydroxylation sites is 1. The Kier molecular flexibility index (Phi) is 4.38. The lowest BCUT2D eigenvalue weighted by atomic mass is 10.2. The number of ether oxygens (including phenoxy) is 1. The predicted octanol–water partition coefficient (Wildman–Crippen LogP) is 2.23. The van der Waals surface area contributed by atoms with Crippen LogP contribution in [-0.2, 0) is 17.9 Å². The molecule has 1 fully saturated rings. The minimum atomic E-state index is 0.360. The van der Waals surface area contributed by atoms with Crippen LogP contribution < -0.4 is 4.90 Å². The van der Waals surface area contributed by atoms with Crippen molar-refractivity contribution in [3.63, 3.8) is 0 Å². The van der Waals surface area contributed by atoms with Crippen LogP contribution in [0.4, 0.5) is 5.82 Å². The van der Waals surface area contributed by atoms with Crippen molar-refractivity contribution in [1.82, 2.24) is 25.0 Å². The molecule has 0 amide bonds. The van der Waals surface area contributed by atoms with E-state index in [0.29, 0.717) is 24.9 Å². The maximum absolute atomic E-state index is 6.06. The molecule has 0 radical (unpaired) electrons. The molecule has 0 spiro atoms. The second kappa shape index (κ2) is 7.17. The summed E-state index contributed by atoms with van der Waals surface area (Å²) in [5.74, 6) is 2.03. The monoisotopic (exact) mass is 380 g/mol. The number of piperazine rings is 1. The van der Waals surface area contributed by atoms with E-state index in [9.17, 15) is 0 Å². The third-order valence-electron chi connectivity index (χ3n) is 4.95. The van der Waals surface area contributed by atoms with E-state index < -0.39 is 0 Å². The Bertz CT molecular complexity index is 1100. The number of rotatable bonds is 5. The summed E-state index contributed by atoms with van der Waals surface area (Å²) in [6.45, 7) is 4.40. The van der Waals surface area contributed by atoms with Gasteiger partial charge in [0.05, 0.1) is 6.54 Å². The van der Waals surface area contributed by atoms with Gasteiger partial charge in [-0.2, -0.15) is 4.98 Å². The zero-order valence-corrected chi connectivity index (χ0v) is 15.5. The zero-order valence-electron chi connectivity index (χ0n) is 15.5. The Morgan fingerprint density at radius 3 is 2.82 bits per heavy atom. The summed E-state index contributed by atoms with van der Waals surface area (Å²) in [5.41, 5.74) is 2.44. The molecule has 3 aromatic heterocycles. The van der Waals surface area contributed by atoms with Gasteiger partial charge in [0.1, 0.15) is 24.0 Å². The van der Waals surface area contributed by atoms with Crippen LogP contribution in [0.25, 0.3) is 22.1 Å². The van der Waals surface area contributed by atoms with Crippen LogP contribution in [0.3, 0.4) is 0 Å². The normalized spacial score (nSPS) is 15.7. The zero-order chi connectivity index (χ0) is 18.9. The number of fused-ring (bicyclic) bond motifs is 3. The molecule has 9 heteroatoms. The molecule has 0 bridgehead atoms. The van der Waals surface area contributed by atoms with Crippen LogP contribution in [0.15, 0.2) is 39.5 Å². The average Bonchev–Trinajstić information content (AvgIpc) is 3.33. The van der Waals surface area contributed by atoms with Crippen molar-refractivity contribution in [1.29, 1.82) is 0 Å². The highest BCUT2D eigenvalue weighted by molar-refractivity contribution is 6.05. The van der Waals surface area contributed by atoms with Crippen LogP contribution in [0, 0.1) is 0 Å². The Hall–Kier alpha value is -3.04. The standard InChI is InChI=1S/C19H20N6O3/c1-26-11-15-22-16(28-23-15)10-24-6-8-25(9-7-24)19-18-17(20-12-21-19)13-4-2-3-5-14(13)27-18/h2-5,12H,6-11H2,1H3. The highest BCUT2D eigenvalue weighted by Gasteiger charge is 2.23. The lowest BCUT2D eigenvalue weighted by molar-refractivity contribution is 0.174. The molecular weight excluding hydrogens is 360 g/mol. The van der Waals surface area contributed by atoms with Gasteiger partial charge in [0.2, 0.25) is 5.89 Å². The van der Waals surface area contributed by atoms with Gasteiger partial charge in [-0.05, 0) is 12.1 Å². The van der Waals surface area contributed by atoms with E-state index in [2.05, 4.69) is 29.9 Å². The van der Waals surface area contributed by atoms with Gasteiger partial charge >= 0.3 is 0 Å². The molecule has 0 saturated carbocycles. The van der Waals surface area contributed by atoms with Crippen LogP contribution in [-0.4, -0.2) is 58.3 Å². The van der Waals surface area contributed by atoms with Crippen molar-refractivity contribution in [2.75, 3.05) is 38.2 Å². The molecule has 0 aliphatic carbocycles. The van der Waals surface area contributed by atoms with Crippen molar-refractivity contribution in [3.05, 3.63) is 42.3 Å². The molecule has 9 nitrogen and oxygen atoms in total. The van der Waals surface area contributed by atoms with Crippen LogP contribution in [0.2, 0.25) is 0 Å². The Balaban J connectivity index is 1.31. The van der Waals surface area contributed by atoms with E-state index >= 15 is 0 Å². The Morgan fingerprint density at radius 2 is 1.96 bits per heavy atom. The summed E-state index contributed by atoms with van der Waals surface area (Å²) in [6, 6.07) is 7.94. The minimum Gasteiger partial charge on any atom is -0.450 e. The number of furan rings is 1. The topological polar surface area (TPSA) is 93.6 Å². The summed E-state index contributed by atoms with van der Waals surface area (Å²) in [6.07, 6.45) is 1.61. The van der Waals surface area contributed by atoms with E-state index in [1.807, 2.05) is 24.3 Å². The molecule has 1 aliphatic heterocycles. The van der Waals surface area contributed by atoms with Gasteiger partial charge in [0.15, 0.2) is 17.2 Å². The quantitative estimate of drug-likeness (QED) is 0.516. The van der Waals surface area contributed by atoms with Crippen molar-refractivity contribution < 1.29 is 13.7 Å². The third kappa shape index (κ3) is 3.08. The predicted molar refractivity (Wildman–Crippen MR) is 102 cm³/mol. The SMILES string of the molecule is COCc1noc(CN2CCN(c3ncnc4c3oc3ccccc34)CC2)n1. The van der Waals surface area contributed by atoms with Crippen molar-refractivity contribution in [2.24, 2.45) is 0 Å². The fraction of sp³-hybridized carbons (Fsp3) is 0.368. The van der Waals surface area contributed by atoms with Crippen molar-refractivity contribution >= 4 is 27.9 Å². The first kappa shape index (κ1) is 17.1. The number of methoxy groups -OCH3 is 1. The summed E-state index contributed by atoms with van der Waals surface area (Å²) in [7, 11) is 1.61. The molecule has 0 atom stereocenters. The molecular formula is C19H20N6O3. The third-order valence-corrected chi connectivity index (χ3v) is 4.95. The largest absolute Gasteiger partial charge is 0.450 e. The molecule has 4 aromatic rings. The number of nitrogens with zero attached hydrogens (tertiary/aromatic N) is 6. The lowest BCUT2D eigenvalue weighted by Gasteiger charge is -2.34. The summed E-state index contributed by atoms with van der Waals surface area (Å²) < 4.78 is 16.4. The highest BCUT2D eigenvalue weighted by atomic mass is 16.5. The number of benzene rings is 1. The minimum absolute atomic E-state index is 0.360. The van der Waals surface area contributed by atoms with Crippen molar-refractivity contribution in [3.8, 4) is 0 Å². The average molecular weight is 380 g/mol. The Labute approximate surface area is 160 Å². The number of hydrogen-bond acceptors (Lipinski definition) is 9. The van der Waals surface area contributed by atoms with Gasteiger partial charge in [0.25, 0.3) is 0 Å². The van der Waals surface area contributed by atoms with Crippen LogP contribution in [0.5, 0.6) is 0 Å². The summed E-state index contributed by atoms with van der Waals surface area (Å²) >= 11 is 0. The molecule has 1 saturated heterocycles. The summed E-state index contributed by atoms with van der Waals surface area (Å²) in [4.78, 5) is 17.8. The van der Waals surface area contributed by atoms with Crippen molar-refractivity contribution in [2.45, 2.75) is 13.2 Å². The highest BCUT2D eigenvalue weighted by Crippen LogP contribution is 2.32. The van der Waals surface area contributed by atoms with Gasteiger partial charge in [-0.3, -0.25) is 4.90 Å². The van der Waals surface area contributed by atoms with Gasteiger partial charge in [-0.25, -0.2) is 9.97 Å². The van der Waals surface area contributed by atoms with Gasteiger partial charge in [0, 0.05) is 38.7 Å². The molecule has 1 aliphatic rings. The van der Waals surface area contributed by atoms with E-state index in [-0.39, 0.29) is 0 Å². The smallest absolute Gasteiger partial charge is 0.240 e. The maximum Gasteiger partial charge on any atom is 0.240 e. The molecule has 0 unspecified atom stereocenters. The first-order valence-corrected chi connectivity index (χ1v) is 9.22. The van der Waals surface area contributed by atoms with Gasteiger partial charge in [-0.1, -0.05) is 17.3 Å². The number of anilines is 1. The summed E-state index contributed by atoms with van der Waals surface area (Å²) in [5, 5.41) is 4.93. The lowest BCUT2D eigenvalue weighted by Crippen LogP contribution is -2.46.